The topological polar surface area (TPSA) is 66.8 Å². The van der Waals surface area contributed by atoms with Crippen molar-refractivity contribution in [3.8, 4) is 5.75 Å². The van der Waals surface area contributed by atoms with E-state index in [1.807, 2.05) is 24.3 Å². The monoisotopic (exact) mass is 275 g/mol. The fraction of sp³-hybridized carbons (Fsp3) is 0.467. The van der Waals surface area contributed by atoms with Gasteiger partial charge in [-0.25, -0.2) is 0 Å². The smallest absolute Gasteiger partial charge is 0.309 e. The lowest BCUT2D eigenvalue weighted by atomic mass is 9.93. The molecule has 1 saturated heterocycles. The Kier molecular flexibility index (Phi) is 3.12. The van der Waals surface area contributed by atoms with Crippen molar-refractivity contribution < 1.29 is 19.4 Å². The Bertz CT molecular complexity index is 535. The summed E-state index contributed by atoms with van der Waals surface area (Å²) >= 11 is 0. The Labute approximate surface area is 117 Å². The van der Waals surface area contributed by atoms with Crippen LogP contribution in [0.25, 0.3) is 0 Å². The molecule has 1 heterocycles. The van der Waals surface area contributed by atoms with E-state index < -0.39 is 11.9 Å². The van der Waals surface area contributed by atoms with E-state index in [0.29, 0.717) is 0 Å². The molecule has 2 atom stereocenters. The van der Waals surface area contributed by atoms with Crippen LogP contribution in [-0.4, -0.2) is 35.0 Å². The van der Waals surface area contributed by atoms with Crippen molar-refractivity contribution in [2.45, 2.75) is 31.3 Å². The minimum absolute atomic E-state index is 0.0410. The van der Waals surface area contributed by atoms with Crippen LogP contribution in [0.15, 0.2) is 24.3 Å². The maximum absolute atomic E-state index is 12.1. The lowest BCUT2D eigenvalue weighted by Crippen LogP contribution is -2.32. The van der Waals surface area contributed by atoms with Gasteiger partial charge < -0.3 is 14.7 Å². The number of carbonyl (C=O) groups is 2. The average molecular weight is 275 g/mol. The van der Waals surface area contributed by atoms with E-state index in [1.165, 1.54) is 0 Å². The normalized spacial score (nSPS) is 25.9. The number of nitrogens with zero attached hydrogens (tertiary/aromatic N) is 1. The molecule has 5 nitrogen and oxygen atoms in total. The third-order valence-corrected chi connectivity index (χ3v) is 4.08. The Morgan fingerprint density at radius 1 is 1.30 bits per heavy atom. The summed E-state index contributed by atoms with van der Waals surface area (Å²) in [5, 5.41) is 9.38. The van der Waals surface area contributed by atoms with Gasteiger partial charge in [0.2, 0.25) is 5.91 Å². The first-order valence-electron chi connectivity index (χ1n) is 6.79. The predicted octanol–water partition coefficient (Wildman–Crippen LogP) is 1.83. The number of rotatable bonds is 4. The molecule has 1 saturated carbocycles. The molecule has 1 aromatic carbocycles. The van der Waals surface area contributed by atoms with Gasteiger partial charge in [0.25, 0.3) is 0 Å². The van der Waals surface area contributed by atoms with Crippen molar-refractivity contribution in [3.63, 3.8) is 0 Å². The molecule has 1 aliphatic carbocycles. The molecule has 3 rings (SSSR count). The number of carbonyl (C=O) groups excluding carboxylic acids is 1. The molecule has 5 heteroatoms. The van der Waals surface area contributed by atoms with E-state index >= 15 is 0 Å². The largest absolute Gasteiger partial charge is 0.497 e. The van der Waals surface area contributed by atoms with Gasteiger partial charge in [0.1, 0.15) is 5.75 Å². The van der Waals surface area contributed by atoms with Crippen molar-refractivity contribution in [3.05, 3.63) is 29.8 Å². The number of methoxy groups -OCH3 is 1. The fourth-order valence-electron chi connectivity index (χ4n) is 2.95. The van der Waals surface area contributed by atoms with Crippen LogP contribution in [0.4, 0.5) is 0 Å². The van der Waals surface area contributed by atoms with Gasteiger partial charge in [0.15, 0.2) is 0 Å². The predicted molar refractivity (Wildman–Crippen MR) is 71.3 cm³/mol. The zero-order valence-electron chi connectivity index (χ0n) is 11.3. The minimum atomic E-state index is -0.901. The van der Waals surface area contributed by atoms with Gasteiger partial charge in [-0.05, 0) is 30.5 Å². The summed E-state index contributed by atoms with van der Waals surface area (Å²) in [6.07, 6.45) is 2.05. The van der Waals surface area contributed by atoms with Crippen molar-refractivity contribution >= 4 is 11.9 Å². The second-order valence-corrected chi connectivity index (χ2v) is 5.40. The van der Waals surface area contributed by atoms with E-state index in [1.54, 1.807) is 12.0 Å². The van der Waals surface area contributed by atoms with Gasteiger partial charge >= 0.3 is 5.97 Å². The van der Waals surface area contributed by atoms with Crippen LogP contribution in [0.2, 0.25) is 0 Å². The molecule has 2 fully saturated rings. The number of hydrogen-bond acceptors (Lipinski definition) is 3. The summed E-state index contributed by atoms with van der Waals surface area (Å²) in [7, 11) is 1.59. The highest BCUT2D eigenvalue weighted by atomic mass is 16.5. The molecule has 1 aromatic rings. The number of amides is 1. The standard InChI is InChI=1S/C15H17NO4/c1-20-11-6-2-9(3-7-11)14-12(15(18)19)8-13(17)16(14)10-4-5-10/h2-3,6-7,10,12,14H,4-5,8H2,1H3,(H,18,19)/t12-,14+/m1/s1. The molecular formula is C15H17NO4. The molecule has 1 aliphatic heterocycles. The molecule has 0 aromatic heterocycles. The lowest BCUT2D eigenvalue weighted by molar-refractivity contribution is -0.142. The quantitative estimate of drug-likeness (QED) is 0.910. The SMILES string of the molecule is COc1ccc([C@H]2[C@H](C(=O)O)CC(=O)N2C2CC2)cc1. The Morgan fingerprint density at radius 3 is 2.45 bits per heavy atom. The number of ether oxygens (including phenoxy) is 1. The van der Waals surface area contributed by atoms with Crippen molar-refractivity contribution in [2.75, 3.05) is 7.11 Å². The summed E-state index contributed by atoms with van der Waals surface area (Å²) in [4.78, 5) is 25.3. The molecule has 0 bridgehead atoms. The van der Waals surface area contributed by atoms with Gasteiger partial charge in [0.05, 0.1) is 19.1 Å². The van der Waals surface area contributed by atoms with Gasteiger partial charge in [-0.3, -0.25) is 9.59 Å². The van der Waals surface area contributed by atoms with Gasteiger partial charge in [-0.15, -0.1) is 0 Å². The summed E-state index contributed by atoms with van der Waals surface area (Å²) in [6, 6.07) is 7.20. The number of likely N-dealkylation sites (tertiary alicyclic amines) is 1. The molecule has 0 radical (unpaired) electrons. The Balaban J connectivity index is 1.95. The number of aliphatic carboxylic acids is 1. The van der Waals surface area contributed by atoms with Crippen molar-refractivity contribution in [1.29, 1.82) is 0 Å². The van der Waals surface area contributed by atoms with Crippen LogP contribution in [0, 0.1) is 5.92 Å². The van der Waals surface area contributed by atoms with E-state index in [4.69, 9.17) is 4.74 Å². The Morgan fingerprint density at radius 2 is 1.95 bits per heavy atom. The zero-order chi connectivity index (χ0) is 14.3. The maximum Gasteiger partial charge on any atom is 0.309 e. The summed E-state index contributed by atoms with van der Waals surface area (Å²) in [5.41, 5.74) is 0.871. The number of carboxylic acid groups (broad SMARTS) is 1. The highest BCUT2D eigenvalue weighted by Crippen LogP contribution is 2.45. The third-order valence-electron chi connectivity index (χ3n) is 4.08. The van der Waals surface area contributed by atoms with Crippen LogP contribution >= 0.6 is 0 Å². The number of hydrogen-bond donors (Lipinski definition) is 1. The van der Waals surface area contributed by atoms with Gasteiger partial charge in [-0.2, -0.15) is 0 Å². The molecule has 0 spiro atoms. The maximum atomic E-state index is 12.1. The highest BCUT2D eigenvalue weighted by molar-refractivity contribution is 5.87. The number of benzene rings is 1. The van der Waals surface area contributed by atoms with E-state index in [0.717, 1.165) is 24.2 Å². The molecule has 0 unspecified atom stereocenters. The van der Waals surface area contributed by atoms with E-state index in [9.17, 15) is 14.7 Å². The minimum Gasteiger partial charge on any atom is -0.497 e. The van der Waals surface area contributed by atoms with E-state index in [2.05, 4.69) is 0 Å². The summed E-state index contributed by atoms with van der Waals surface area (Å²) < 4.78 is 5.12. The number of carboxylic acids is 1. The summed E-state index contributed by atoms with van der Waals surface area (Å²) in [6.45, 7) is 0. The van der Waals surface area contributed by atoms with Crippen LogP contribution in [0.3, 0.4) is 0 Å². The van der Waals surface area contributed by atoms with Crippen molar-refractivity contribution in [2.24, 2.45) is 5.92 Å². The molecule has 1 amide bonds. The lowest BCUT2D eigenvalue weighted by Gasteiger charge is -2.27. The van der Waals surface area contributed by atoms with E-state index in [-0.39, 0.29) is 24.4 Å². The first kappa shape index (κ1) is 13.0. The molecule has 1 N–H and O–H groups in total. The van der Waals surface area contributed by atoms with Crippen LogP contribution in [0.5, 0.6) is 5.75 Å². The first-order valence-corrected chi connectivity index (χ1v) is 6.79. The average Bonchev–Trinajstić information content (AvgIpc) is 3.22. The van der Waals surface area contributed by atoms with Crippen LogP contribution in [-0.2, 0) is 9.59 Å². The van der Waals surface area contributed by atoms with Gasteiger partial charge in [-0.1, -0.05) is 12.1 Å². The van der Waals surface area contributed by atoms with Crippen LogP contribution in [0.1, 0.15) is 30.9 Å². The highest BCUT2D eigenvalue weighted by Gasteiger charge is 2.49. The molecule has 20 heavy (non-hydrogen) atoms. The fourth-order valence-corrected chi connectivity index (χ4v) is 2.95. The first-order chi connectivity index (χ1) is 9.61. The molecule has 2 aliphatic rings. The summed E-state index contributed by atoms with van der Waals surface area (Å²) in [5.74, 6) is -0.873. The second-order valence-electron chi connectivity index (χ2n) is 5.40. The van der Waals surface area contributed by atoms with Crippen LogP contribution < -0.4 is 4.74 Å². The Hall–Kier alpha value is -2.04. The van der Waals surface area contributed by atoms with Crippen molar-refractivity contribution in [1.82, 2.24) is 4.90 Å². The third kappa shape index (κ3) is 2.13. The van der Waals surface area contributed by atoms with Gasteiger partial charge in [0, 0.05) is 12.5 Å². The second kappa shape index (κ2) is 4.81. The molecule has 106 valence electrons. The zero-order valence-corrected chi connectivity index (χ0v) is 11.3. The molecular weight excluding hydrogens is 258 g/mol.